The third-order valence-corrected chi connectivity index (χ3v) is 6.39. The summed E-state index contributed by atoms with van der Waals surface area (Å²) in [6.45, 7) is 3.95. The molecule has 1 heterocycles. The molecule has 0 bridgehead atoms. The highest BCUT2D eigenvalue weighted by molar-refractivity contribution is 7.89. The maximum atomic E-state index is 13.1. The number of hydrogen-bond donors (Lipinski definition) is 2. The van der Waals surface area contributed by atoms with Crippen LogP contribution in [-0.2, 0) is 10.0 Å². The van der Waals surface area contributed by atoms with Gasteiger partial charge in [-0.15, -0.1) is 0 Å². The van der Waals surface area contributed by atoms with E-state index in [4.69, 9.17) is 0 Å². The fourth-order valence-corrected chi connectivity index (χ4v) is 4.55. The van der Waals surface area contributed by atoms with Crippen molar-refractivity contribution < 1.29 is 8.42 Å². The van der Waals surface area contributed by atoms with Crippen LogP contribution in [0.1, 0.15) is 28.3 Å². The predicted octanol–water partition coefficient (Wildman–Crippen LogP) is 4.85. The van der Waals surface area contributed by atoms with Crippen molar-refractivity contribution in [3.05, 3.63) is 101 Å². The minimum Gasteiger partial charge on any atom is -0.361 e. The van der Waals surface area contributed by atoms with Crippen LogP contribution < -0.4 is 4.72 Å². The Morgan fingerprint density at radius 3 is 2.11 bits per heavy atom. The van der Waals surface area contributed by atoms with E-state index in [0.717, 1.165) is 33.2 Å². The molecule has 142 valence electrons. The lowest BCUT2D eigenvalue weighted by atomic mass is 9.98. The molecule has 0 aliphatic rings. The fourth-order valence-electron chi connectivity index (χ4n) is 3.34. The van der Waals surface area contributed by atoms with Gasteiger partial charge in [0.25, 0.3) is 0 Å². The summed E-state index contributed by atoms with van der Waals surface area (Å²) in [6, 6.07) is 22.2. The Morgan fingerprint density at radius 1 is 0.821 bits per heavy atom. The number of sulfonamides is 1. The second-order valence-corrected chi connectivity index (χ2v) is 8.78. The van der Waals surface area contributed by atoms with Crippen molar-refractivity contribution in [2.75, 3.05) is 0 Å². The average molecular weight is 391 g/mol. The molecule has 1 aromatic heterocycles. The van der Waals surface area contributed by atoms with Crippen LogP contribution in [0.5, 0.6) is 0 Å². The molecule has 2 N–H and O–H groups in total. The van der Waals surface area contributed by atoms with Gasteiger partial charge in [-0.2, -0.15) is 4.72 Å². The van der Waals surface area contributed by atoms with Crippen molar-refractivity contribution in [2.45, 2.75) is 24.8 Å². The Hall–Kier alpha value is -2.89. The summed E-state index contributed by atoms with van der Waals surface area (Å²) in [5.41, 5.74) is 4.92. The zero-order valence-corrected chi connectivity index (χ0v) is 16.6. The molecular weight excluding hydrogens is 368 g/mol. The molecule has 1 atom stereocenters. The number of hydrogen-bond acceptors (Lipinski definition) is 2. The quantitative estimate of drug-likeness (QED) is 0.511. The first-order valence-electron chi connectivity index (χ1n) is 9.16. The highest BCUT2D eigenvalue weighted by atomic mass is 32.2. The number of aromatic nitrogens is 1. The van der Waals surface area contributed by atoms with Crippen LogP contribution in [0.4, 0.5) is 0 Å². The van der Waals surface area contributed by atoms with Crippen LogP contribution in [0.2, 0.25) is 0 Å². The Morgan fingerprint density at radius 2 is 1.43 bits per heavy atom. The monoisotopic (exact) mass is 390 g/mol. The molecule has 28 heavy (non-hydrogen) atoms. The van der Waals surface area contributed by atoms with Gasteiger partial charge in [0, 0.05) is 17.1 Å². The Balaban J connectivity index is 1.81. The molecule has 0 saturated heterocycles. The van der Waals surface area contributed by atoms with Gasteiger partial charge in [0.2, 0.25) is 10.0 Å². The average Bonchev–Trinajstić information content (AvgIpc) is 3.11. The second-order valence-electron chi connectivity index (χ2n) is 7.07. The lowest BCUT2D eigenvalue weighted by Crippen LogP contribution is -2.29. The normalized spacial score (nSPS) is 12.9. The summed E-state index contributed by atoms with van der Waals surface area (Å²) >= 11 is 0. The third kappa shape index (κ3) is 3.59. The van der Waals surface area contributed by atoms with E-state index in [0.29, 0.717) is 0 Å². The number of rotatable bonds is 5. The Kier molecular flexibility index (Phi) is 4.79. The standard InChI is InChI=1S/C23H22N2O2S/c1-16-7-11-18(12-8-16)23(21-15-24-22-6-4-3-5-20(21)22)25-28(26,27)19-13-9-17(2)10-14-19/h3-15,23-25H,1-2H3/t23-/m0/s1. The van der Waals surface area contributed by atoms with E-state index in [9.17, 15) is 8.42 Å². The second kappa shape index (κ2) is 7.26. The molecule has 0 unspecified atom stereocenters. The number of nitrogens with one attached hydrogen (secondary N) is 2. The van der Waals surface area contributed by atoms with Gasteiger partial charge in [0.05, 0.1) is 10.9 Å². The minimum atomic E-state index is -3.69. The zero-order chi connectivity index (χ0) is 19.7. The van der Waals surface area contributed by atoms with Gasteiger partial charge in [-0.25, -0.2) is 8.42 Å². The van der Waals surface area contributed by atoms with E-state index < -0.39 is 16.1 Å². The molecule has 4 rings (SSSR count). The van der Waals surface area contributed by atoms with E-state index in [2.05, 4.69) is 9.71 Å². The number of fused-ring (bicyclic) bond motifs is 1. The molecule has 0 aliphatic heterocycles. The summed E-state index contributed by atoms with van der Waals surface area (Å²) in [4.78, 5) is 3.51. The topological polar surface area (TPSA) is 62.0 Å². The van der Waals surface area contributed by atoms with Gasteiger partial charge in [0.1, 0.15) is 0 Å². The van der Waals surface area contributed by atoms with Gasteiger partial charge in [-0.05, 0) is 43.2 Å². The predicted molar refractivity (Wildman–Crippen MR) is 113 cm³/mol. The number of para-hydroxylation sites is 1. The number of aromatic amines is 1. The SMILES string of the molecule is Cc1ccc([C@H](NS(=O)(=O)c2ccc(C)cc2)c2c[nH]c3ccccc23)cc1. The van der Waals surface area contributed by atoms with Crippen LogP contribution >= 0.6 is 0 Å². The molecule has 0 spiro atoms. The third-order valence-electron chi connectivity index (χ3n) is 4.95. The zero-order valence-electron chi connectivity index (χ0n) is 15.8. The first-order chi connectivity index (χ1) is 13.4. The number of benzene rings is 3. The van der Waals surface area contributed by atoms with Crippen LogP contribution in [0.25, 0.3) is 10.9 Å². The molecule has 0 saturated carbocycles. The molecule has 4 aromatic rings. The van der Waals surface area contributed by atoms with Crippen molar-refractivity contribution in [1.29, 1.82) is 0 Å². The van der Waals surface area contributed by atoms with Crippen LogP contribution in [-0.4, -0.2) is 13.4 Å². The highest BCUT2D eigenvalue weighted by Gasteiger charge is 2.25. The molecule has 0 fully saturated rings. The maximum absolute atomic E-state index is 13.1. The molecule has 0 aliphatic carbocycles. The van der Waals surface area contributed by atoms with Crippen molar-refractivity contribution in [3.63, 3.8) is 0 Å². The van der Waals surface area contributed by atoms with E-state index >= 15 is 0 Å². The van der Waals surface area contributed by atoms with Gasteiger partial charge in [-0.3, -0.25) is 0 Å². The number of H-pyrrole nitrogens is 1. The molecule has 4 nitrogen and oxygen atoms in total. The molecule has 0 radical (unpaired) electrons. The van der Waals surface area contributed by atoms with Crippen LogP contribution in [0, 0.1) is 13.8 Å². The fraction of sp³-hybridized carbons (Fsp3) is 0.130. The summed E-state index contributed by atoms with van der Waals surface area (Å²) in [5, 5.41) is 1.000. The molecular formula is C23H22N2O2S. The molecule has 5 heteroatoms. The largest absolute Gasteiger partial charge is 0.361 e. The summed E-state index contributed by atoms with van der Waals surface area (Å²) < 4.78 is 29.1. The molecule has 0 amide bonds. The molecule has 3 aromatic carbocycles. The van der Waals surface area contributed by atoms with E-state index in [1.807, 2.05) is 68.6 Å². The summed E-state index contributed by atoms with van der Waals surface area (Å²) in [5.74, 6) is 0. The van der Waals surface area contributed by atoms with Crippen molar-refractivity contribution in [3.8, 4) is 0 Å². The van der Waals surface area contributed by atoms with Crippen LogP contribution in [0.3, 0.4) is 0 Å². The van der Waals surface area contributed by atoms with Crippen molar-refractivity contribution >= 4 is 20.9 Å². The van der Waals surface area contributed by atoms with E-state index in [1.54, 1.807) is 24.3 Å². The number of aryl methyl sites for hydroxylation is 2. The summed E-state index contributed by atoms with van der Waals surface area (Å²) in [6.07, 6.45) is 1.88. The maximum Gasteiger partial charge on any atom is 0.241 e. The van der Waals surface area contributed by atoms with E-state index in [-0.39, 0.29) is 4.90 Å². The first kappa shape index (κ1) is 18.5. The van der Waals surface area contributed by atoms with Crippen molar-refractivity contribution in [1.82, 2.24) is 9.71 Å². The van der Waals surface area contributed by atoms with Gasteiger partial charge < -0.3 is 4.98 Å². The van der Waals surface area contributed by atoms with Crippen LogP contribution in [0.15, 0.2) is 83.9 Å². The first-order valence-corrected chi connectivity index (χ1v) is 10.6. The van der Waals surface area contributed by atoms with Gasteiger partial charge in [-0.1, -0.05) is 65.7 Å². The van der Waals surface area contributed by atoms with E-state index in [1.165, 1.54) is 0 Å². The smallest absolute Gasteiger partial charge is 0.241 e. The minimum absolute atomic E-state index is 0.259. The summed E-state index contributed by atoms with van der Waals surface area (Å²) in [7, 11) is -3.69. The lowest BCUT2D eigenvalue weighted by molar-refractivity contribution is 0.572. The van der Waals surface area contributed by atoms with Gasteiger partial charge >= 0.3 is 0 Å². The van der Waals surface area contributed by atoms with Gasteiger partial charge in [0.15, 0.2) is 0 Å². The lowest BCUT2D eigenvalue weighted by Gasteiger charge is -2.19. The van der Waals surface area contributed by atoms with Crippen molar-refractivity contribution in [2.24, 2.45) is 0 Å². The Bertz CT molecular complexity index is 1210. The highest BCUT2D eigenvalue weighted by Crippen LogP contribution is 2.30. The Labute approximate surface area is 165 Å².